The molecule has 0 bridgehead atoms. The quantitative estimate of drug-likeness (QED) is 0.268. The van der Waals surface area contributed by atoms with Gasteiger partial charge in [-0.3, -0.25) is 23.6 Å². The molecular formula is C36H35ClN8O4. The van der Waals surface area contributed by atoms with E-state index in [0.29, 0.717) is 23.1 Å². The first-order valence-corrected chi connectivity index (χ1v) is 16.7. The van der Waals surface area contributed by atoms with E-state index in [0.717, 1.165) is 76.1 Å². The number of pyridine rings is 1. The number of benzene rings is 2. The standard InChI is InChI=1S/C36H35ClN8O4/c1-19-21(7-6-10-24(19)40-31-29-32(39-18-38-31)43(2)35(48)44(3)34(29)47)22-8-5-9-23(30(22)37)25-15-20-11-12-26(28(20)33(41-25)49-4)45-16-36(17-45)14-13-27(46)42-36/h5-10,15,18,26H,11-14,16-17H2,1-4H3,(H,42,46)(H,38,39,40)/t26-/m0/s1. The third-order valence-corrected chi connectivity index (χ3v) is 10.8. The molecule has 2 saturated heterocycles. The summed E-state index contributed by atoms with van der Waals surface area (Å²) in [7, 11) is 4.67. The molecule has 12 nitrogen and oxygen atoms in total. The molecular weight excluding hydrogens is 644 g/mol. The summed E-state index contributed by atoms with van der Waals surface area (Å²) < 4.78 is 8.27. The molecule has 0 radical (unpaired) electrons. The molecule has 5 aromatic rings. The Bertz CT molecular complexity index is 2330. The minimum atomic E-state index is -0.481. The molecule has 1 aliphatic carbocycles. The van der Waals surface area contributed by atoms with Crippen LogP contribution in [0.2, 0.25) is 5.02 Å². The van der Waals surface area contributed by atoms with Crippen LogP contribution in [0.3, 0.4) is 0 Å². The number of fused-ring (bicyclic) bond motifs is 2. The van der Waals surface area contributed by atoms with Gasteiger partial charge < -0.3 is 15.4 Å². The minimum absolute atomic E-state index is 0.0845. The van der Waals surface area contributed by atoms with Gasteiger partial charge in [0.25, 0.3) is 5.56 Å². The average molecular weight is 679 g/mol. The molecule has 13 heteroatoms. The van der Waals surface area contributed by atoms with Gasteiger partial charge in [-0.15, -0.1) is 0 Å². The number of halogens is 1. The van der Waals surface area contributed by atoms with Crippen molar-refractivity contribution in [2.75, 3.05) is 25.5 Å². The summed E-state index contributed by atoms with van der Waals surface area (Å²) in [4.78, 5) is 53.5. The van der Waals surface area contributed by atoms with E-state index in [4.69, 9.17) is 21.3 Å². The SMILES string of the molecule is COc1nc(-c2cccc(-c3cccc(Nc4ncnc5c4c(=O)n(C)c(=O)n5C)c3C)c2Cl)cc2c1[C@@H](N1CC3(CCC(=O)N3)C1)CC2. The van der Waals surface area contributed by atoms with Crippen molar-refractivity contribution in [1.82, 2.24) is 34.3 Å². The fourth-order valence-electron chi connectivity index (χ4n) is 7.82. The molecule has 2 aromatic carbocycles. The summed E-state index contributed by atoms with van der Waals surface area (Å²) in [6.45, 7) is 3.67. The number of hydrogen-bond donors (Lipinski definition) is 2. The van der Waals surface area contributed by atoms with Crippen LogP contribution in [0.25, 0.3) is 33.4 Å². The molecule has 5 heterocycles. The Hall–Kier alpha value is -5.07. The van der Waals surface area contributed by atoms with Gasteiger partial charge in [0.15, 0.2) is 5.65 Å². The zero-order valence-corrected chi connectivity index (χ0v) is 28.4. The van der Waals surface area contributed by atoms with Crippen LogP contribution in [-0.2, 0) is 25.3 Å². The number of rotatable bonds is 6. The number of likely N-dealkylation sites (tertiary alicyclic amines) is 1. The molecule has 1 spiro atoms. The van der Waals surface area contributed by atoms with Crippen molar-refractivity contribution in [3.63, 3.8) is 0 Å². The topological polar surface area (TPSA) is 136 Å². The van der Waals surface area contributed by atoms with Crippen LogP contribution >= 0.6 is 11.6 Å². The number of hydrogen-bond acceptors (Lipinski definition) is 9. The average Bonchev–Trinajstić information content (AvgIpc) is 3.70. The third-order valence-electron chi connectivity index (χ3n) is 10.4. The maximum atomic E-state index is 13.1. The minimum Gasteiger partial charge on any atom is -0.481 e. The molecule has 250 valence electrons. The Morgan fingerprint density at radius 2 is 1.76 bits per heavy atom. The number of anilines is 2. The molecule has 0 saturated carbocycles. The van der Waals surface area contributed by atoms with Crippen molar-refractivity contribution in [1.29, 1.82) is 0 Å². The van der Waals surface area contributed by atoms with E-state index >= 15 is 0 Å². The van der Waals surface area contributed by atoms with Gasteiger partial charge in [0.2, 0.25) is 11.8 Å². The second-order valence-corrected chi connectivity index (χ2v) is 13.7. The van der Waals surface area contributed by atoms with Crippen LogP contribution < -0.4 is 26.6 Å². The fraction of sp³-hybridized carbons (Fsp3) is 0.333. The van der Waals surface area contributed by atoms with E-state index < -0.39 is 11.2 Å². The largest absolute Gasteiger partial charge is 0.481 e. The Labute approximate surface area is 286 Å². The number of carbonyl (C=O) groups is 1. The van der Waals surface area contributed by atoms with E-state index in [1.807, 2.05) is 43.3 Å². The lowest BCUT2D eigenvalue weighted by atomic mass is 9.86. The van der Waals surface area contributed by atoms with Crippen LogP contribution in [0.1, 0.15) is 42.0 Å². The highest BCUT2D eigenvalue weighted by Crippen LogP contribution is 2.47. The first-order valence-electron chi connectivity index (χ1n) is 16.3. The van der Waals surface area contributed by atoms with Gasteiger partial charge in [-0.1, -0.05) is 41.9 Å². The molecule has 3 aromatic heterocycles. The Kier molecular flexibility index (Phi) is 7.34. The molecule has 1 atom stereocenters. The van der Waals surface area contributed by atoms with E-state index in [1.54, 1.807) is 14.2 Å². The van der Waals surface area contributed by atoms with Gasteiger partial charge >= 0.3 is 5.69 Å². The lowest BCUT2D eigenvalue weighted by molar-refractivity contribution is -0.121. The van der Waals surface area contributed by atoms with Crippen molar-refractivity contribution in [3.8, 4) is 28.3 Å². The van der Waals surface area contributed by atoms with Crippen LogP contribution in [0, 0.1) is 6.92 Å². The van der Waals surface area contributed by atoms with Gasteiger partial charge in [-0.2, -0.15) is 0 Å². The smallest absolute Gasteiger partial charge is 0.332 e. The van der Waals surface area contributed by atoms with E-state index in [9.17, 15) is 14.4 Å². The van der Waals surface area contributed by atoms with Crippen LogP contribution in [-0.4, -0.2) is 60.6 Å². The second kappa shape index (κ2) is 11.5. The van der Waals surface area contributed by atoms with Crippen molar-refractivity contribution in [3.05, 3.63) is 91.3 Å². The summed E-state index contributed by atoms with van der Waals surface area (Å²) in [6.07, 6.45) is 4.70. The molecule has 49 heavy (non-hydrogen) atoms. The monoisotopic (exact) mass is 678 g/mol. The maximum absolute atomic E-state index is 13.1. The van der Waals surface area contributed by atoms with Gasteiger partial charge in [0.05, 0.1) is 23.4 Å². The Morgan fingerprint density at radius 3 is 2.51 bits per heavy atom. The number of amides is 1. The van der Waals surface area contributed by atoms with E-state index in [1.165, 1.54) is 23.5 Å². The maximum Gasteiger partial charge on any atom is 0.332 e. The molecule has 1 amide bonds. The molecule has 2 aliphatic heterocycles. The Morgan fingerprint density at radius 1 is 1.00 bits per heavy atom. The molecule has 0 unspecified atom stereocenters. The zero-order chi connectivity index (χ0) is 34.2. The highest BCUT2D eigenvalue weighted by molar-refractivity contribution is 6.36. The first kappa shape index (κ1) is 31.2. The summed E-state index contributed by atoms with van der Waals surface area (Å²) in [6, 6.07) is 14.1. The summed E-state index contributed by atoms with van der Waals surface area (Å²) in [5.41, 5.74) is 6.42. The number of methoxy groups -OCH3 is 1. The lowest BCUT2D eigenvalue weighted by Crippen LogP contribution is -2.67. The molecule has 3 aliphatic rings. The third kappa shape index (κ3) is 4.92. The number of carbonyl (C=O) groups excluding carboxylic acids is 1. The molecule has 2 fully saturated rings. The fourth-order valence-corrected chi connectivity index (χ4v) is 8.15. The lowest BCUT2D eigenvalue weighted by Gasteiger charge is -2.50. The van der Waals surface area contributed by atoms with Gasteiger partial charge in [0.1, 0.15) is 17.5 Å². The highest BCUT2D eigenvalue weighted by Gasteiger charge is 2.51. The van der Waals surface area contributed by atoms with Gasteiger partial charge in [0, 0.05) is 62.0 Å². The number of ether oxygens (including phenoxy) is 1. The van der Waals surface area contributed by atoms with E-state index in [-0.39, 0.29) is 28.5 Å². The van der Waals surface area contributed by atoms with Crippen molar-refractivity contribution in [2.45, 2.75) is 44.2 Å². The summed E-state index contributed by atoms with van der Waals surface area (Å²) in [5.74, 6) is 1.06. The molecule has 2 N–H and O–H groups in total. The van der Waals surface area contributed by atoms with E-state index in [2.05, 4.69) is 31.6 Å². The summed E-state index contributed by atoms with van der Waals surface area (Å²) in [5, 5.41) is 7.28. The first-order chi connectivity index (χ1) is 23.6. The normalized spacial score (nSPS) is 18.1. The second-order valence-electron chi connectivity index (χ2n) is 13.3. The Balaban J connectivity index is 1.13. The number of aromatic nitrogens is 5. The predicted octanol–water partition coefficient (Wildman–Crippen LogP) is 4.42. The zero-order valence-electron chi connectivity index (χ0n) is 27.6. The van der Waals surface area contributed by atoms with Crippen molar-refractivity contribution < 1.29 is 9.53 Å². The number of aryl methyl sites for hydroxylation is 2. The molecule has 8 rings (SSSR count). The number of nitrogens with one attached hydrogen (secondary N) is 2. The predicted molar refractivity (Wildman–Crippen MR) is 187 cm³/mol. The highest BCUT2D eigenvalue weighted by atomic mass is 35.5. The van der Waals surface area contributed by atoms with Crippen molar-refractivity contribution >= 4 is 40.0 Å². The van der Waals surface area contributed by atoms with Crippen molar-refractivity contribution in [2.24, 2.45) is 14.1 Å². The summed E-state index contributed by atoms with van der Waals surface area (Å²) >= 11 is 7.21. The number of nitrogens with zero attached hydrogens (tertiary/aromatic N) is 6. The van der Waals surface area contributed by atoms with Crippen LogP contribution in [0.15, 0.2) is 58.4 Å². The van der Waals surface area contributed by atoms with Crippen LogP contribution in [0.5, 0.6) is 5.88 Å². The van der Waals surface area contributed by atoms with Gasteiger partial charge in [-0.05, 0) is 55.0 Å². The van der Waals surface area contributed by atoms with Gasteiger partial charge in [-0.25, -0.2) is 19.7 Å². The van der Waals surface area contributed by atoms with Crippen LogP contribution in [0.4, 0.5) is 11.5 Å².